The molecule has 7 heteroatoms. The number of carbonyl (C=O) groups is 1. The number of hydrogen-bond acceptors (Lipinski definition) is 6. The molecule has 0 radical (unpaired) electrons. The molecule has 4 rings (SSSR count). The molecule has 1 aliphatic rings. The largest absolute Gasteiger partial charge is 0.449 e. The van der Waals surface area contributed by atoms with E-state index in [9.17, 15) is 4.79 Å². The molecule has 1 fully saturated rings. The maximum Gasteiger partial charge on any atom is 0.419 e. The van der Waals surface area contributed by atoms with Crippen LogP contribution in [0.15, 0.2) is 48.9 Å². The summed E-state index contributed by atoms with van der Waals surface area (Å²) in [7, 11) is 0. The van der Waals surface area contributed by atoms with Crippen LogP contribution in [0.3, 0.4) is 0 Å². The second kappa shape index (κ2) is 8.61. The first-order valence-corrected chi connectivity index (χ1v) is 10.1. The van der Waals surface area contributed by atoms with Gasteiger partial charge in [-0.15, -0.1) is 0 Å². The SMILES string of the molecule is CC(C)COC(=O)n1cnc2ccc(CN3CCN(c4ccccn4)CC3)cc21. The number of aromatic nitrogens is 3. The van der Waals surface area contributed by atoms with Crippen molar-refractivity contribution in [2.75, 3.05) is 37.7 Å². The number of carbonyl (C=O) groups excluding carboxylic acids is 1. The number of hydrogen-bond donors (Lipinski definition) is 0. The summed E-state index contributed by atoms with van der Waals surface area (Å²) >= 11 is 0. The van der Waals surface area contributed by atoms with Gasteiger partial charge in [-0.25, -0.2) is 19.3 Å². The third-order valence-electron chi connectivity index (χ3n) is 5.10. The maximum atomic E-state index is 12.4. The van der Waals surface area contributed by atoms with Crippen LogP contribution in [-0.2, 0) is 11.3 Å². The Bertz CT molecular complexity index is 962. The summed E-state index contributed by atoms with van der Waals surface area (Å²) in [5.41, 5.74) is 2.76. The molecule has 0 atom stereocenters. The van der Waals surface area contributed by atoms with E-state index in [1.54, 1.807) is 6.33 Å². The number of rotatable bonds is 5. The van der Waals surface area contributed by atoms with Crippen LogP contribution in [0.4, 0.5) is 10.6 Å². The highest BCUT2D eigenvalue weighted by Crippen LogP contribution is 2.19. The quantitative estimate of drug-likeness (QED) is 0.662. The number of imidazole rings is 1. The Morgan fingerprint density at radius 1 is 1.10 bits per heavy atom. The number of ether oxygens (including phenoxy) is 1. The first kappa shape index (κ1) is 19.4. The Labute approximate surface area is 170 Å². The molecular formula is C22H27N5O2. The van der Waals surface area contributed by atoms with E-state index in [0.29, 0.717) is 12.5 Å². The van der Waals surface area contributed by atoms with E-state index >= 15 is 0 Å². The molecule has 1 aliphatic heterocycles. The van der Waals surface area contributed by atoms with Crippen LogP contribution in [0, 0.1) is 5.92 Å². The van der Waals surface area contributed by atoms with Crippen LogP contribution >= 0.6 is 0 Å². The van der Waals surface area contributed by atoms with Crippen LogP contribution in [0.2, 0.25) is 0 Å². The molecule has 7 nitrogen and oxygen atoms in total. The molecule has 0 amide bonds. The normalized spacial score (nSPS) is 15.2. The Hall–Kier alpha value is -2.93. The van der Waals surface area contributed by atoms with Crippen molar-refractivity contribution in [3.8, 4) is 0 Å². The Kier molecular flexibility index (Phi) is 5.76. The molecule has 0 saturated carbocycles. The molecule has 0 spiro atoms. The number of anilines is 1. The first-order valence-electron chi connectivity index (χ1n) is 10.1. The Balaban J connectivity index is 1.41. The van der Waals surface area contributed by atoms with E-state index in [1.165, 1.54) is 10.1 Å². The highest BCUT2D eigenvalue weighted by Gasteiger charge is 2.19. The molecule has 2 aromatic heterocycles. The van der Waals surface area contributed by atoms with Gasteiger partial charge in [0, 0.05) is 38.9 Å². The zero-order valence-corrected chi connectivity index (χ0v) is 17.0. The molecule has 0 unspecified atom stereocenters. The number of fused-ring (bicyclic) bond motifs is 1. The van der Waals surface area contributed by atoms with Crippen molar-refractivity contribution in [2.45, 2.75) is 20.4 Å². The fourth-order valence-corrected chi connectivity index (χ4v) is 3.54. The van der Waals surface area contributed by atoms with Gasteiger partial charge in [0.1, 0.15) is 12.1 Å². The van der Waals surface area contributed by atoms with Gasteiger partial charge in [-0.2, -0.15) is 0 Å². The van der Waals surface area contributed by atoms with Gasteiger partial charge in [-0.1, -0.05) is 26.0 Å². The molecule has 3 heterocycles. The van der Waals surface area contributed by atoms with E-state index in [4.69, 9.17) is 4.74 Å². The van der Waals surface area contributed by atoms with E-state index in [2.05, 4.69) is 31.9 Å². The molecule has 0 N–H and O–H groups in total. The van der Waals surface area contributed by atoms with E-state index < -0.39 is 0 Å². The van der Waals surface area contributed by atoms with Gasteiger partial charge >= 0.3 is 6.09 Å². The van der Waals surface area contributed by atoms with Crippen molar-refractivity contribution in [3.05, 3.63) is 54.5 Å². The fourth-order valence-electron chi connectivity index (χ4n) is 3.54. The van der Waals surface area contributed by atoms with Gasteiger partial charge in [0.2, 0.25) is 0 Å². The average molecular weight is 393 g/mol. The van der Waals surface area contributed by atoms with Crippen LogP contribution in [0.5, 0.6) is 0 Å². The minimum Gasteiger partial charge on any atom is -0.449 e. The smallest absolute Gasteiger partial charge is 0.419 e. The number of benzene rings is 1. The predicted octanol–water partition coefficient (Wildman–Crippen LogP) is 3.39. The van der Waals surface area contributed by atoms with Gasteiger partial charge in [0.05, 0.1) is 17.6 Å². The van der Waals surface area contributed by atoms with Gasteiger partial charge in [0.25, 0.3) is 0 Å². The van der Waals surface area contributed by atoms with Crippen molar-refractivity contribution >= 4 is 22.9 Å². The van der Waals surface area contributed by atoms with Crippen molar-refractivity contribution in [3.63, 3.8) is 0 Å². The summed E-state index contributed by atoms with van der Waals surface area (Å²) in [6.07, 6.45) is 3.01. The highest BCUT2D eigenvalue weighted by atomic mass is 16.5. The summed E-state index contributed by atoms with van der Waals surface area (Å²) in [6.45, 7) is 9.15. The summed E-state index contributed by atoms with van der Waals surface area (Å²) in [5.74, 6) is 1.34. The van der Waals surface area contributed by atoms with E-state index in [-0.39, 0.29) is 6.09 Å². The van der Waals surface area contributed by atoms with Crippen molar-refractivity contribution in [2.24, 2.45) is 5.92 Å². The van der Waals surface area contributed by atoms with Crippen LogP contribution in [0.1, 0.15) is 19.4 Å². The summed E-state index contributed by atoms with van der Waals surface area (Å²) < 4.78 is 6.86. The van der Waals surface area contributed by atoms with Crippen molar-refractivity contribution < 1.29 is 9.53 Å². The molecule has 0 bridgehead atoms. The van der Waals surface area contributed by atoms with Gasteiger partial charge in [-0.05, 0) is 35.7 Å². The first-order chi connectivity index (χ1) is 14.1. The zero-order chi connectivity index (χ0) is 20.2. The number of nitrogens with zero attached hydrogens (tertiary/aromatic N) is 5. The average Bonchev–Trinajstić information content (AvgIpc) is 3.16. The molecule has 0 aliphatic carbocycles. The van der Waals surface area contributed by atoms with Crippen molar-refractivity contribution in [1.82, 2.24) is 19.4 Å². The Morgan fingerprint density at radius 3 is 2.66 bits per heavy atom. The standard InChI is InChI=1S/C22H27N5O2/c1-17(2)15-29-22(28)27-16-24-19-7-6-18(13-20(19)27)14-25-9-11-26(12-10-25)21-5-3-4-8-23-21/h3-8,13,16-17H,9-12,14-15H2,1-2H3. The second-order valence-corrected chi connectivity index (χ2v) is 7.86. The molecule has 1 aromatic carbocycles. The van der Waals surface area contributed by atoms with Gasteiger partial charge in [0.15, 0.2) is 0 Å². The van der Waals surface area contributed by atoms with E-state index in [1.807, 2.05) is 44.3 Å². The lowest BCUT2D eigenvalue weighted by Crippen LogP contribution is -2.46. The maximum absolute atomic E-state index is 12.4. The lowest BCUT2D eigenvalue weighted by Gasteiger charge is -2.35. The van der Waals surface area contributed by atoms with Crippen LogP contribution < -0.4 is 4.90 Å². The minimum absolute atomic E-state index is 0.300. The predicted molar refractivity (Wildman–Crippen MR) is 113 cm³/mol. The summed E-state index contributed by atoms with van der Waals surface area (Å²) in [5, 5.41) is 0. The summed E-state index contributed by atoms with van der Waals surface area (Å²) in [6, 6.07) is 12.1. The lowest BCUT2D eigenvalue weighted by molar-refractivity contribution is 0.135. The third-order valence-corrected chi connectivity index (χ3v) is 5.10. The van der Waals surface area contributed by atoms with Gasteiger partial charge < -0.3 is 9.64 Å². The topological polar surface area (TPSA) is 63.5 Å². The highest BCUT2D eigenvalue weighted by molar-refractivity contribution is 5.86. The molecule has 29 heavy (non-hydrogen) atoms. The monoisotopic (exact) mass is 393 g/mol. The second-order valence-electron chi connectivity index (χ2n) is 7.86. The third kappa shape index (κ3) is 4.56. The van der Waals surface area contributed by atoms with Crippen molar-refractivity contribution in [1.29, 1.82) is 0 Å². The zero-order valence-electron chi connectivity index (χ0n) is 17.0. The minimum atomic E-state index is -0.373. The molecule has 1 saturated heterocycles. The number of piperazine rings is 1. The molecule has 3 aromatic rings. The fraction of sp³-hybridized carbons (Fsp3) is 0.409. The molecular weight excluding hydrogens is 366 g/mol. The molecule has 152 valence electrons. The van der Waals surface area contributed by atoms with Crippen LogP contribution in [-0.4, -0.2) is 58.3 Å². The Morgan fingerprint density at radius 2 is 1.93 bits per heavy atom. The van der Waals surface area contributed by atoms with E-state index in [0.717, 1.165) is 49.6 Å². The van der Waals surface area contributed by atoms with Crippen LogP contribution in [0.25, 0.3) is 11.0 Å². The summed E-state index contributed by atoms with van der Waals surface area (Å²) in [4.78, 5) is 25.9. The number of pyridine rings is 1. The van der Waals surface area contributed by atoms with Gasteiger partial charge in [-0.3, -0.25) is 4.90 Å². The lowest BCUT2D eigenvalue weighted by atomic mass is 10.1.